The van der Waals surface area contributed by atoms with Gasteiger partial charge in [0.25, 0.3) is 0 Å². The molecule has 0 aliphatic carbocycles. The Bertz CT molecular complexity index is 1120. The molecule has 1 atom stereocenters. The van der Waals surface area contributed by atoms with Gasteiger partial charge < -0.3 is 14.9 Å². The summed E-state index contributed by atoms with van der Waals surface area (Å²) in [6.45, 7) is 1.45. The first-order valence-corrected chi connectivity index (χ1v) is 8.81. The van der Waals surface area contributed by atoms with E-state index in [4.69, 9.17) is 31.3 Å². The first kappa shape index (κ1) is 23.9. The number of carbonyl (C=O) groups is 2. The summed E-state index contributed by atoms with van der Waals surface area (Å²) in [5.41, 5.74) is 2.13. The molecule has 0 fully saturated rings. The van der Waals surface area contributed by atoms with E-state index < -0.39 is 30.0 Å². The van der Waals surface area contributed by atoms with Crippen LogP contribution in [-0.2, 0) is 9.59 Å². The van der Waals surface area contributed by atoms with Crippen LogP contribution in [0.1, 0.15) is 6.92 Å². The average Bonchev–Trinajstić information content (AvgIpc) is 2.67. The van der Waals surface area contributed by atoms with Crippen LogP contribution in [0.3, 0.4) is 0 Å². The van der Waals surface area contributed by atoms with Crippen LogP contribution in [0.4, 0.5) is 17.6 Å². The maximum atomic E-state index is 13.3. The molecule has 0 radical (unpaired) electrons. The summed E-state index contributed by atoms with van der Waals surface area (Å²) in [5, 5.41) is 17.2. The van der Waals surface area contributed by atoms with Gasteiger partial charge in [-0.05, 0) is 48.9 Å². The number of alkyl halides is 3. The van der Waals surface area contributed by atoms with Gasteiger partial charge in [-0.25, -0.2) is 14.0 Å². The van der Waals surface area contributed by atoms with Gasteiger partial charge in [-0.1, -0.05) is 11.6 Å². The van der Waals surface area contributed by atoms with Crippen LogP contribution in [0.5, 0.6) is 5.75 Å². The van der Waals surface area contributed by atoms with Gasteiger partial charge in [0.15, 0.2) is 6.10 Å². The fourth-order valence-corrected chi connectivity index (χ4v) is 2.67. The first-order chi connectivity index (χ1) is 14.4. The lowest BCUT2D eigenvalue weighted by Gasteiger charge is -2.12. The van der Waals surface area contributed by atoms with Gasteiger partial charge in [0.2, 0.25) is 0 Å². The number of hydrogen-bond donors (Lipinski definition) is 2. The fraction of sp³-hybridized carbons (Fsp3) is 0.150. The average molecular weight is 460 g/mol. The van der Waals surface area contributed by atoms with Crippen LogP contribution in [0.25, 0.3) is 22.0 Å². The van der Waals surface area contributed by atoms with Gasteiger partial charge in [0, 0.05) is 23.2 Å². The number of aliphatic carboxylic acids is 2. The molecule has 0 aliphatic heterocycles. The zero-order valence-electron chi connectivity index (χ0n) is 15.7. The van der Waals surface area contributed by atoms with Crippen LogP contribution in [0.2, 0.25) is 5.02 Å². The smallest absolute Gasteiger partial charge is 0.479 e. The van der Waals surface area contributed by atoms with Crippen molar-refractivity contribution in [2.45, 2.75) is 19.2 Å². The van der Waals surface area contributed by atoms with Crippen molar-refractivity contribution >= 4 is 34.4 Å². The predicted molar refractivity (Wildman–Crippen MR) is 104 cm³/mol. The maximum absolute atomic E-state index is 13.3. The number of carboxylic acids is 2. The Hall–Kier alpha value is -3.40. The van der Waals surface area contributed by atoms with Gasteiger partial charge in [-0.3, -0.25) is 4.98 Å². The second-order valence-corrected chi connectivity index (χ2v) is 6.47. The van der Waals surface area contributed by atoms with Crippen LogP contribution < -0.4 is 4.74 Å². The molecule has 164 valence electrons. The van der Waals surface area contributed by atoms with Crippen molar-refractivity contribution in [3.8, 4) is 16.9 Å². The summed E-state index contributed by atoms with van der Waals surface area (Å²) < 4.78 is 50.3. The molecule has 3 rings (SSSR count). The van der Waals surface area contributed by atoms with Gasteiger partial charge >= 0.3 is 18.1 Å². The molecule has 2 aromatic carbocycles. The number of pyridine rings is 1. The molecule has 3 aromatic rings. The number of aromatic nitrogens is 1. The minimum Gasteiger partial charge on any atom is -0.479 e. The lowest BCUT2D eigenvalue weighted by Crippen LogP contribution is -2.22. The van der Waals surface area contributed by atoms with E-state index in [1.807, 2.05) is 0 Å². The van der Waals surface area contributed by atoms with Gasteiger partial charge in [0.05, 0.1) is 10.5 Å². The second kappa shape index (κ2) is 9.61. The summed E-state index contributed by atoms with van der Waals surface area (Å²) in [7, 11) is 0. The number of benzene rings is 2. The van der Waals surface area contributed by atoms with Crippen LogP contribution in [-0.4, -0.2) is 39.4 Å². The van der Waals surface area contributed by atoms with Gasteiger partial charge in [-0.2, -0.15) is 13.2 Å². The van der Waals surface area contributed by atoms with Crippen molar-refractivity contribution in [2.75, 3.05) is 0 Å². The molecule has 11 heteroatoms. The van der Waals surface area contributed by atoms with E-state index in [1.54, 1.807) is 36.5 Å². The Morgan fingerprint density at radius 1 is 1.06 bits per heavy atom. The van der Waals surface area contributed by atoms with E-state index >= 15 is 0 Å². The summed E-state index contributed by atoms with van der Waals surface area (Å²) in [6, 6.07) is 11.1. The highest BCUT2D eigenvalue weighted by Gasteiger charge is 2.38. The summed E-state index contributed by atoms with van der Waals surface area (Å²) in [6.07, 6.45) is -4.43. The Morgan fingerprint density at radius 3 is 2.26 bits per heavy atom. The molecule has 31 heavy (non-hydrogen) atoms. The number of carboxylic acid groups (broad SMARTS) is 2. The predicted octanol–water partition coefficient (Wildman–Crippen LogP) is 5.18. The van der Waals surface area contributed by atoms with Crippen molar-refractivity contribution in [2.24, 2.45) is 0 Å². The molecule has 0 saturated heterocycles. The van der Waals surface area contributed by atoms with Crippen LogP contribution in [0.15, 0.2) is 48.7 Å². The highest BCUT2D eigenvalue weighted by atomic mass is 35.5. The quantitative estimate of drug-likeness (QED) is 0.522. The van der Waals surface area contributed by atoms with Crippen molar-refractivity contribution < 1.29 is 42.1 Å². The Balaban J connectivity index is 0.000000423. The topological polar surface area (TPSA) is 96.7 Å². The SMILES string of the molecule is C[C@@H](Oc1ccc2c(-c3ccc(F)cc3Cl)ccnc2c1)C(=O)O.O=C(O)C(F)(F)F. The Kier molecular flexibility index (Phi) is 7.40. The molecule has 1 aromatic heterocycles. The van der Waals surface area contributed by atoms with E-state index in [2.05, 4.69) is 4.98 Å². The van der Waals surface area contributed by atoms with E-state index in [1.165, 1.54) is 19.1 Å². The number of fused-ring (bicyclic) bond motifs is 1. The van der Waals surface area contributed by atoms with Crippen LogP contribution in [0, 0.1) is 5.82 Å². The minimum absolute atomic E-state index is 0.308. The summed E-state index contributed by atoms with van der Waals surface area (Å²) in [4.78, 5) is 24.1. The highest BCUT2D eigenvalue weighted by Crippen LogP contribution is 2.34. The molecule has 0 spiro atoms. The van der Waals surface area contributed by atoms with Crippen molar-refractivity contribution in [3.05, 3.63) is 59.5 Å². The fourth-order valence-electron chi connectivity index (χ4n) is 2.40. The number of hydrogen-bond acceptors (Lipinski definition) is 4. The molecule has 1 heterocycles. The molecular formula is C20H14ClF4NO5. The maximum Gasteiger partial charge on any atom is 0.490 e. The third-order valence-electron chi connectivity index (χ3n) is 3.84. The molecule has 0 saturated carbocycles. The van der Waals surface area contributed by atoms with Crippen LogP contribution >= 0.6 is 11.6 Å². The van der Waals surface area contributed by atoms with E-state index in [-0.39, 0.29) is 0 Å². The molecule has 6 nitrogen and oxygen atoms in total. The standard InChI is InChI=1S/C18H13ClFNO3.C2HF3O2/c1-10(18(22)23)24-12-3-5-15-13(6-7-21-17(15)9-12)14-4-2-11(20)8-16(14)19;3-2(4,5)1(6)7/h2-10H,1H3,(H,22,23);(H,6,7)/t10-;/m1./s1. The third kappa shape index (κ3) is 6.29. The number of rotatable bonds is 4. The van der Waals surface area contributed by atoms with E-state index in [9.17, 15) is 22.4 Å². The largest absolute Gasteiger partial charge is 0.490 e. The molecule has 2 N–H and O–H groups in total. The van der Waals surface area contributed by atoms with Gasteiger partial charge in [0.1, 0.15) is 11.6 Å². The Labute approximate surface area is 177 Å². The van der Waals surface area contributed by atoms with Crippen molar-refractivity contribution in [3.63, 3.8) is 0 Å². The minimum atomic E-state index is -5.08. The lowest BCUT2D eigenvalue weighted by molar-refractivity contribution is -0.192. The Morgan fingerprint density at radius 2 is 1.71 bits per heavy atom. The molecule has 0 amide bonds. The third-order valence-corrected chi connectivity index (χ3v) is 4.15. The first-order valence-electron chi connectivity index (χ1n) is 8.44. The molecule has 0 unspecified atom stereocenters. The zero-order chi connectivity index (χ0) is 23.3. The molecule has 0 aliphatic rings. The molecule has 0 bridgehead atoms. The highest BCUT2D eigenvalue weighted by molar-refractivity contribution is 6.33. The van der Waals surface area contributed by atoms with Crippen molar-refractivity contribution in [1.29, 1.82) is 0 Å². The number of ether oxygens (including phenoxy) is 1. The second-order valence-electron chi connectivity index (χ2n) is 6.06. The monoisotopic (exact) mass is 459 g/mol. The van der Waals surface area contributed by atoms with Crippen molar-refractivity contribution in [1.82, 2.24) is 4.98 Å². The lowest BCUT2D eigenvalue weighted by atomic mass is 10.0. The van der Waals surface area contributed by atoms with Gasteiger partial charge in [-0.15, -0.1) is 0 Å². The number of nitrogens with zero attached hydrogens (tertiary/aromatic N) is 1. The zero-order valence-corrected chi connectivity index (χ0v) is 16.4. The van der Waals surface area contributed by atoms with E-state index in [0.29, 0.717) is 21.9 Å². The summed E-state index contributed by atoms with van der Waals surface area (Å²) in [5.74, 6) is -3.80. The van der Waals surface area contributed by atoms with E-state index in [0.717, 1.165) is 10.9 Å². The number of halogens is 5. The summed E-state index contributed by atoms with van der Waals surface area (Å²) >= 11 is 6.15. The molecular weight excluding hydrogens is 446 g/mol. The normalized spacial score (nSPS) is 11.9.